The molecule has 0 heterocycles. The molecule has 0 aromatic carbocycles. The summed E-state index contributed by atoms with van der Waals surface area (Å²) in [5, 5.41) is 0. The molecule has 0 bridgehead atoms. The molecule has 0 saturated carbocycles. The van der Waals surface area contributed by atoms with E-state index in [4.69, 9.17) is 24.3 Å². The molecule has 0 aliphatic heterocycles. The van der Waals surface area contributed by atoms with Crippen LogP contribution in [0.25, 0.3) is 0 Å². The van der Waals surface area contributed by atoms with Gasteiger partial charge in [-0.1, -0.05) is 344 Å². The summed E-state index contributed by atoms with van der Waals surface area (Å²) >= 11 is 0. The van der Waals surface area contributed by atoms with Crippen LogP contribution in [0.15, 0.2) is 182 Å². The third-order valence-electron chi connectivity index (χ3n) is 15.8. The summed E-state index contributed by atoms with van der Waals surface area (Å²) in [5.41, 5.74) is 5.41. The van der Waals surface area contributed by atoms with E-state index in [-0.39, 0.29) is 38.6 Å². The van der Waals surface area contributed by atoms with Crippen molar-refractivity contribution in [2.45, 2.75) is 315 Å². The van der Waals surface area contributed by atoms with Crippen molar-refractivity contribution in [2.24, 2.45) is 5.73 Å². The molecule has 0 aliphatic rings. The molecule has 9 nitrogen and oxygen atoms in total. The second-order valence-electron chi connectivity index (χ2n) is 24.8. The number of allylic oxidation sites excluding steroid dienone is 30. The van der Waals surface area contributed by atoms with Crippen LogP contribution in [-0.2, 0) is 32.7 Å². The topological polar surface area (TPSA) is 134 Å². The van der Waals surface area contributed by atoms with E-state index in [0.29, 0.717) is 6.42 Å². The van der Waals surface area contributed by atoms with Gasteiger partial charge in [0.05, 0.1) is 13.2 Å². The Labute approximate surface area is 584 Å². The van der Waals surface area contributed by atoms with Crippen molar-refractivity contribution in [2.75, 3.05) is 26.4 Å². The highest BCUT2D eigenvalue weighted by Gasteiger charge is 2.26. The lowest BCUT2D eigenvalue weighted by Crippen LogP contribution is -2.29. The van der Waals surface area contributed by atoms with Gasteiger partial charge in [0.15, 0.2) is 6.10 Å². The molecule has 10 heteroatoms. The summed E-state index contributed by atoms with van der Waals surface area (Å²) in [5.74, 6) is -0.851. The molecule has 0 aliphatic carbocycles. The summed E-state index contributed by atoms with van der Waals surface area (Å²) in [4.78, 5) is 35.4. The Morgan fingerprint density at radius 1 is 0.316 bits per heavy atom. The van der Waals surface area contributed by atoms with Crippen molar-refractivity contribution in [3.05, 3.63) is 182 Å². The van der Waals surface area contributed by atoms with Crippen LogP contribution in [0.2, 0.25) is 0 Å². The zero-order valence-corrected chi connectivity index (χ0v) is 61.5. The van der Waals surface area contributed by atoms with Crippen LogP contribution < -0.4 is 5.73 Å². The first-order valence-corrected chi connectivity index (χ1v) is 39.8. The predicted octanol–water partition coefficient (Wildman–Crippen LogP) is 25.9. The van der Waals surface area contributed by atoms with E-state index < -0.39 is 26.5 Å². The highest BCUT2D eigenvalue weighted by Crippen LogP contribution is 2.43. The average Bonchev–Trinajstić information content (AvgIpc) is 3.16. The van der Waals surface area contributed by atoms with Crippen LogP contribution in [0.3, 0.4) is 0 Å². The molecular weight excluding hydrogens is 1190 g/mol. The Morgan fingerprint density at radius 2 is 0.547 bits per heavy atom. The molecule has 2 atom stereocenters. The number of phosphoric ester groups is 1. The Kier molecular flexibility index (Phi) is 74.1. The van der Waals surface area contributed by atoms with E-state index in [9.17, 15) is 19.0 Å². The van der Waals surface area contributed by atoms with Crippen LogP contribution in [0, 0.1) is 0 Å². The predicted molar refractivity (Wildman–Crippen MR) is 412 cm³/mol. The minimum absolute atomic E-state index is 0.0425. The van der Waals surface area contributed by atoms with E-state index in [1.165, 1.54) is 128 Å². The van der Waals surface area contributed by atoms with E-state index in [2.05, 4.69) is 196 Å². The largest absolute Gasteiger partial charge is 0.472 e. The van der Waals surface area contributed by atoms with Crippen molar-refractivity contribution < 1.29 is 37.6 Å². The van der Waals surface area contributed by atoms with Crippen molar-refractivity contribution in [3.63, 3.8) is 0 Å². The first-order chi connectivity index (χ1) is 46.8. The number of hydrogen-bond donors (Lipinski definition) is 2. The first-order valence-electron chi connectivity index (χ1n) is 38.3. The molecule has 2 unspecified atom stereocenters. The van der Waals surface area contributed by atoms with Crippen LogP contribution in [0.5, 0.6) is 0 Å². The van der Waals surface area contributed by atoms with Crippen molar-refractivity contribution in [1.82, 2.24) is 0 Å². The fraction of sp³-hybridized carbons (Fsp3) is 0.624. The lowest BCUT2D eigenvalue weighted by Gasteiger charge is -2.19. The van der Waals surface area contributed by atoms with Crippen molar-refractivity contribution >= 4 is 19.8 Å². The molecule has 3 N–H and O–H groups in total. The maximum absolute atomic E-state index is 12.8. The molecule has 0 aromatic heterocycles. The third kappa shape index (κ3) is 78.0. The number of phosphoric acid groups is 1. The molecule has 0 saturated heterocycles. The van der Waals surface area contributed by atoms with Gasteiger partial charge in [-0.25, -0.2) is 4.57 Å². The quantitative estimate of drug-likeness (QED) is 0.0264. The highest BCUT2D eigenvalue weighted by molar-refractivity contribution is 7.47. The molecular formula is C85H140NO8P. The maximum Gasteiger partial charge on any atom is 0.472 e. The Balaban J connectivity index is 3.94. The summed E-state index contributed by atoms with van der Waals surface area (Å²) in [7, 11) is -4.41. The van der Waals surface area contributed by atoms with Gasteiger partial charge >= 0.3 is 19.8 Å². The number of carbonyl (C=O) groups excluding carboxylic acids is 2. The van der Waals surface area contributed by atoms with Gasteiger partial charge in [0.2, 0.25) is 0 Å². The number of hydrogen-bond acceptors (Lipinski definition) is 8. The van der Waals surface area contributed by atoms with Gasteiger partial charge in [0.25, 0.3) is 0 Å². The molecule has 0 fully saturated rings. The van der Waals surface area contributed by atoms with Crippen molar-refractivity contribution in [3.8, 4) is 0 Å². The number of rotatable bonds is 70. The van der Waals surface area contributed by atoms with E-state index >= 15 is 0 Å². The van der Waals surface area contributed by atoms with Gasteiger partial charge in [-0.3, -0.25) is 18.6 Å². The lowest BCUT2D eigenvalue weighted by atomic mass is 10.0. The number of ether oxygens (including phenoxy) is 2. The summed E-state index contributed by atoms with van der Waals surface area (Å²) in [6.45, 7) is 3.50. The lowest BCUT2D eigenvalue weighted by molar-refractivity contribution is -0.161. The van der Waals surface area contributed by atoms with Gasteiger partial charge in [-0.05, 0) is 135 Å². The number of esters is 2. The van der Waals surface area contributed by atoms with E-state index in [0.717, 1.165) is 148 Å². The fourth-order valence-electron chi connectivity index (χ4n) is 10.2. The van der Waals surface area contributed by atoms with Crippen LogP contribution in [0.1, 0.15) is 309 Å². The smallest absolute Gasteiger partial charge is 0.462 e. The van der Waals surface area contributed by atoms with Gasteiger partial charge in [0, 0.05) is 19.4 Å². The highest BCUT2D eigenvalue weighted by atomic mass is 31.2. The van der Waals surface area contributed by atoms with Gasteiger partial charge in [0.1, 0.15) is 6.61 Å². The van der Waals surface area contributed by atoms with E-state index in [1.54, 1.807) is 0 Å². The maximum atomic E-state index is 12.8. The Hall–Kier alpha value is -4.89. The fourth-order valence-corrected chi connectivity index (χ4v) is 11.0. The molecule has 0 radical (unpaired) electrons. The second-order valence-corrected chi connectivity index (χ2v) is 26.2. The normalized spacial score (nSPS) is 13.9. The average molecular weight is 1340 g/mol. The monoisotopic (exact) mass is 1330 g/mol. The molecule has 95 heavy (non-hydrogen) atoms. The molecule has 0 rings (SSSR count). The van der Waals surface area contributed by atoms with Gasteiger partial charge < -0.3 is 20.1 Å². The van der Waals surface area contributed by atoms with Crippen LogP contribution in [-0.4, -0.2) is 49.3 Å². The first kappa shape index (κ1) is 90.1. The SMILES string of the molecule is CC/C=C\C/C=C\C/C=C\C/C=C\C/C=C\C/C=C\C/C=C\C/C=C\C/C=C\C/C=C\C/C=C\CCCCCCCC(=O)OC(COC(=O)CCCCCCCCCCCCCCCCCCCCCCCC/C=C\C/C=C\C/C=C\C/C=C\CC)COP(=O)(O)OCCN. The third-order valence-corrected chi connectivity index (χ3v) is 16.8. The standard InChI is InChI=1S/C85H140NO8P/c1-3-5-7-9-11-13-15-17-19-21-23-25-27-29-31-33-35-37-39-40-41-42-44-46-48-50-52-54-56-58-60-62-64-66-68-70-72-74-76-78-85(88)94-83(82-93-95(89,90)92-80-79-86)81-91-84(87)77-75-73-71-69-67-65-63-61-59-57-55-53-51-49-47-45-43-38-36-34-32-30-28-26-24-22-20-18-16-14-12-10-8-6-4-2/h5-8,11-14,17-20,23-26,29,31,35,37,40-41,44,46,50,52,56,58,62,64,83H,3-4,9-10,15-16,21-22,27-28,30,32-34,36,38-39,42-43,45,47-49,51,53-55,57,59-61,63,65-82,86H2,1-2H3,(H,89,90)/b7-5-,8-6-,13-11-,14-12-,19-17-,20-18-,25-23-,26-24-,31-29-,37-35-,41-40-,46-44-,52-50-,58-56-,64-62-. The zero-order valence-electron chi connectivity index (χ0n) is 60.6. The molecule has 0 amide bonds. The summed E-state index contributed by atoms with van der Waals surface area (Å²) in [6.07, 6.45) is 117. The molecule has 0 aromatic rings. The van der Waals surface area contributed by atoms with Gasteiger partial charge in [-0.2, -0.15) is 0 Å². The molecule has 0 spiro atoms. The number of unbranched alkanes of at least 4 members (excludes halogenated alkanes) is 27. The Morgan fingerprint density at radius 3 is 0.811 bits per heavy atom. The number of carbonyl (C=O) groups is 2. The number of nitrogens with two attached hydrogens (primary N) is 1. The zero-order chi connectivity index (χ0) is 68.6. The van der Waals surface area contributed by atoms with Crippen molar-refractivity contribution in [1.29, 1.82) is 0 Å². The molecule has 538 valence electrons. The summed E-state index contributed by atoms with van der Waals surface area (Å²) < 4.78 is 33.2. The van der Waals surface area contributed by atoms with Crippen LogP contribution >= 0.6 is 7.82 Å². The Bertz CT molecular complexity index is 2220. The van der Waals surface area contributed by atoms with Gasteiger partial charge in [-0.15, -0.1) is 0 Å². The summed E-state index contributed by atoms with van der Waals surface area (Å²) in [6, 6.07) is 0. The second kappa shape index (κ2) is 78.1. The minimum Gasteiger partial charge on any atom is -0.462 e. The van der Waals surface area contributed by atoms with Crippen LogP contribution in [0.4, 0.5) is 0 Å². The van der Waals surface area contributed by atoms with E-state index in [1.807, 2.05) is 0 Å². The minimum atomic E-state index is -4.41.